The van der Waals surface area contributed by atoms with Gasteiger partial charge < -0.3 is 19.4 Å². The number of methoxy groups -OCH3 is 1. The Bertz CT molecular complexity index is 749. The minimum atomic E-state index is -0.296. The van der Waals surface area contributed by atoms with E-state index in [-0.39, 0.29) is 35.9 Å². The molecule has 1 aromatic rings. The zero-order valence-electron chi connectivity index (χ0n) is 19.2. The van der Waals surface area contributed by atoms with Crippen molar-refractivity contribution in [1.29, 1.82) is 0 Å². The van der Waals surface area contributed by atoms with Crippen LogP contribution >= 0.6 is 0 Å². The minimum Gasteiger partial charge on any atom is -0.453 e. The first-order valence-corrected chi connectivity index (χ1v) is 11.5. The molecule has 2 amide bonds. The molecule has 3 atom stereocenters. The molecule has 6 nitrogen and oxygen atoms in total. The third kappa shape index (κ3) is 5.37. The average Bonchev–Trinajstić information content (AvgIpc) is 3.13. The van der Waals surface area contributed by atoms with Crippen LogP contribution in [0.1, 0.15) is 59.3 Å². The number of carbonyl (C=O) groups is 2. The predicted octanol–water partition coefficient (Wildman–Crippen LogP) is 4.43. The van der Waals surface area contributed by atoms with Crippen LogP contribution in [0.4, 0.5) is 14.9 Å². The van der Waals surface area contributed by atoms with E-state index in [1.807, 2.05) is 9.80 Å². The van der Waals surface area contributed by atoms with E-state index >= 15 is 0 Å². The van der Waals surface area contributed by atoms with Crippen LogP contribution in [0, 0.1) is 5.82 Å². The van der Waals surface area contributed by atoms with E-state index in [9.17, 15) is 14.0 Å². The summed E-state index contributed by atoms with van der Waals surface area (Å²) in [5, 5.41) is 0. The average molecular weight is 434 g/mol. The van der Waals surface area contributed by atoms with Crippen molar-refractivity contribution in [3.05, 3.63) is 30.1 Å². The van der Waals surface area contributed by atoms with Gasteiger partial charge in [-0.2, -0.15) is 0 Å². The molecule has 2 heterocycles. The Morgan fingerprint density at radius 1 is 1.16 bits per heavy atom. The van der Waals surface area contributed by atoms with Crippen LogP contribution in [0.3, 0.4) is 0 Å². The lowest BCUT2D eigenvalue weighted by molar-refractivity contribution is -0.117. The van der Waals surface area contributed by atoms with Crippen molar-refractivity contribution in [1.82, 2.24) is 9.80 Å². The van der Waals surface area contributed by atoms with E-state index in [4.69, 9.17) is 4.74 Å². The minimum absolute atomic E-state index is 0.00855. The Kier molecular flexibility index (Phi) is 7.92. The monoisotopic (exact) mass is 433 g/mol. The summed E-state index contributed by atoms with van der Waals surface area (Å²) in [5.41, 5.74) is 0.757. The molecule has 3 rings (SSSR count). The van der Waals surface area contributed by atoms with Gasteiger partial charge in [-0.25, -0.2) is 9.18 Å². The van der Waals surface area contributed by atoms with E-state index in [0.717, 1.165) is 57.3 Å². The molecule has 2 saturated heterocycles. The lowest BCUT2D eigenvalue weighted by Crippen LogP contribution is -2.51. The third-order valence-electron chi connectivity index (χ3n) is 7.01. The number of nitrogens with zero attached hydrogens (tertiary/aromatic N) is 3. The summed E-state index contributed by atoms with van der Waals surface area (Å²) < 4.78 is 18.3. The van der Waals surface area contributed by atoms with Crippen LogP contribution in [0.5, 0.6) is 0 Å². The molecule has 0 saturated carbocycles. The van der Waals surface area contributed by atoms with Crippen LogP contribution < -0.4 is 4.90 Å². The molecule has 0 aromatic heterocycles. The first-order chi connectivity index (χ1) is 14.8. The van der Waals surface area contributed by atoms with Crippen molar-refractivity contribution < 1.29 is 18.7 Å². The number of piperidine rings is 1. The van der Waals surface area contributed by atoms with Crippen LogP contribution in [-0.4, -0.2) is 66.2 Å². The number of amides is 2. The maximum atomic E-state index is 13.3. The zero-order valence-corrected chi connectivity index (χ0v) is 19.2. The number of carbonyl (C=O) groups excluding carboxylic acids is 2. The molecule has 0 radical (unpaired) electrons. The van der Waals surface area contributed by atoms with Gasteiger partial charge in [-0.3, -0.25) is 4.79 Å². The highest BCUT2D eigenvalue weighted by molar-refractivity contribution is 5.92. The van der Waals surface area contributed by atoms with Crippen molar-refractivity contribution in [2.45, 2.75) is 83.5 Å². The summed E-state index contributed by atoms with van der Waals surface area (Å²) >= 11 is 0. The van der Waals surface area contributed by atoms with Gasteiger partial charge in [0.2, 0.25) is 5.91 Å². The molecular weight excluding hydrogens is 397 g/mol. The van der Waals surface area contributed by atoms with Gasteiger partial charge in [-0.15, -0.1) is 0 Å². The Labute approximate surface area is 185 Å². The highest BCUT2D eigenvalue weighted by Crippen LogP contribution is 2.31. The van der Waals surface area contributed by atoms with E-state index in [0.29, 0.717) is 6.04 Å². The maximum Gasteiger partial charge on any atom is 0.409 e. The van der Waals surface area contributed by atoms with Gasteiger partial charge in [0, 0.05) is 49.9 Å². The first-order valence-electron chi connectivity index (χ1n) is 11.5. The molecule has 0 spiro atoms. The topological polar surface area (TPSA) is 53.1 Å². The summed E-state index contributed by atoms with van der Waals surface area (Å²) in [7, 11) is 1.45. The van der Waals surface area contributed by atoms with Gasteiger partial charge in [0.25, 0.3) is 0 Å². The summed E-state index contributed by atoms with van der Waals surface area (Å²) in [4.78, 5) is 30.9. The number of anilines is 1. The number of ether oxygens (including phenoxy) is 1. The van der Waals surface area contributed by atoms with Gasteiger partial charge in [-0.1, -0.05) is 6.92 Å². The highest BCUT2D eigenvalue weighted by Gasteiger charge is 2.38. The normalized spacial score (nSPS) is 23.6. The standard InChI is InChI=1S/C24H36FN3O3/c1-5-20(16-23-9-6-17(2)27(23)24(30)31-4)26-14-12-22(13-15-26)28(18(3)29)21-10-7-19(25)8-11-21/h7-8,10-11,17,20,22-23H,5-6,9,12-16H2,1-4H3. The van der Waals surface area contributed by atoms with Gasteiger partial charge in [0.15, 0.2) is 0 Å². The smallest absolute Gasteiger partial charge is 0.409 e. The van der Waals surface area contributed by atoms with E-state index < -0.39 is 0 Å². The SMILES string of the molecule is CCC(CC1CCC(C)N1C(=O)OC)N1CCC(N(C(C)=O)c2ccc(F)cc2)CC1. The largest absolute Gasteiger partial charge is 0.453 e. The number of hydrogen-bond acceptors (Lipinski definition) is 4. The number of rotatable bonds is 6. The molecule has 1 aromatic carbocycles. The third-order valence-corrected chi connectivity index (χ3v) is 7.01. The fraction of sp³-hybridized carbons (Fsp3) is 0.667. The Balaban J connectivity index is 1.62. The van der Waals surface area contributed by atoms with Crippen molar-refractivity contribution in [2.75, 3.05) is 25.1 Å². The van der Waals surface area contributed by atoms with Crippen molar-refractivity contribution in [2.24, 2.45) is 0 Å². The lowest BCUT2D eigenvalue weighted by atomic mass is 9.96. The van der Waals surface area contributed by atoms with Crippen LogP contribution in [-0.2, 0) is 9.53 Å². The molecule has 2 aliphatic rings. The molecule has 31 heavy (non-hydrogen) atoms. The molecule has 2 fully saturated rings. The van der Waals surface area contributed by atoms with Gasteiger partial charge in [-0.05, 0) is 69.7 Å². The molecule has 0 bridgehead atoms. The van der Waals surface area contributed by atoms with E-state index in [1.54, 1.807) is 19.1 Å². The molecule has 172 valence electrons. The van der Waals surface area contributed by atoms with Gasteiger partial charge >= 0.3 is 6.09 Å². The Hall–Kier alpha value is -2.15. The van der Waals surface area contributed by atoms with Crippen molar-refractivity contribution >= 4 is 17.7 Å². The molecule has 0 aliphatic carbocycles. The number of likely N-dealkylation sites (tertiary alicyclic amines) is 2. The van der Waals surface area contributed by atoms with Crippen molar-refractivity contribution in [3.8, 4) is 0 Å². The number of hydrogen-bond donors (Lipinski definition) is 0. The van der Waals surface area contributed by atoms with Gasteiger partial charge in [0.1, 0.15) is 5.82 Å². The first kappa shape index (κ1) is 23.5. The molecule has 0 N–H and O–H groups in total. The fourth-order valence-corrected chi connectivity index (χ4v) is 5.39. The van der Waals surface area contributed by atoms with Crippen LogP contribution in [0.25, 0.3) is 0 Å². The second-order valence-corrected chi connectivity index (χ2v) is 8.89. The lowest BCUT2D eigenvalue weighted by Gasteiger charge is -2.42. The number of halogens is 1. The van der Waals surface area contributed by atoms with Gasteiger partial charge in [0.05, 0.1) is 7.11 Å². The van der Waals surface area contributed by atoms with Crippen LogP contribution in [0.15, 0.2) is 24.3 Å². The summed E-state index contributed by atoms with van der Waals surface area (Å²) in [6.45, 7) is 7.70. The molecule has 7 heteroatoms. The zero-order chi connectivity index (χ0) is 22.5. The fourth-order valence-electron chi connectivity index (χ4n) is 5.39. The van der Waals surface area contributed by atoms with Crippen LogP contribution in [0.2, 0.25) is 0 Å². The maximum absolute atomic E-state index is 13.3. The predicted molar refractivity (Wildman–Crippen MR) is 120 cm³/mol. The molecular formula is C24H36FN3O3. The molecule has 3 unspecified atom stereocenters. The van der Waals surface area contributed by atoms with Crippen molar-refractivity contribution in [3.63, 3.8) is 0 Å². The Morgan fingerprint density at radius 3 is 2.35 bits per heavy atom. The van der Waals surface area contributed by atoms with E-state index in [1.165, 1.54) is 19.2 Å². The number of benzene rings is 1. The van der Waals surface area contributed by atoms with E-state index in [2.05, 4.69) is 18.7 Å². The Morgan fingerprint density at radius 2 is 1.81 bits per heavy atom. The second kappa shape index (κ2) is 10.4. The highest BCUT2D eigenvalue weighted by atomic mass is 19.1. The summed E-state index contributed by atoms with van der Waals surface area (Å²) in [6.07, 6.45) is 5.56. The molecule has 2 aliphatic heterocycles. The second-order valence-electron chi connectivity index (χ2n) is 8.89. The summed E-state index contributed by atoms with van der Waals surface area (Å²) in [5.74, 6) is -0.305. The quantitative estimate of drug-likeness (QED) is 0.666. The summed E-state index contributed by atoms with van der Waals surface area (Å²) in [6, 6.07) is 7.14.